The molecule has 2 aromatic carbocycles. The van der Waals surface area contributed by atoms with Crippen molar-refractivity contribution in [2.24, 2.45) is 0 Å². The molecule has 7 heteroatoms. The third kappa shape index (κ3) is 4.71. The molecule has 31 heavy (non-hydrogen) atoms. The number of carbonyl (C=O) groups is 3. The Labute approximate surface area is 182 Å². The first kappa shape index (κ1) is 20.9. The van der Waals surface area contributed by atoms with Crippen LogP contribution in [-0.2, 0) is 9.59 Å². The maximum Gasteiger partial charge on any atom is 0.254 e. The molecule has 162 valence electrons. The van der Waals surface area contributed by atoms with E-state index in [0.717, 1.165) is 24.3 Å². The molecule has 2 aliphatic rings. The third-order valence-electron chi connectivity index (χ3n) is 5.98. The first-order valence-corrected chi connectivity index (χ1v) is 10.8. The Morgan fingerprint density at radius 1 is 0.968 bits per heavy atom. The largest absolute Gasteiger partial charge is 0.368 e. The molecule has 0 bridgehead atoms. The van der Waals surface area contributed by atoms with E-state index >= 15 is 0 Å². The van der Waals surface area contributed by atoms with Gasteiger partial charge in [-0.05, 0) is 31.2 Å². The summed E-state index contributed by atoms with van der Waals surface area (Å²) in [6.45, 7) is 5.43. The number of amides is 3. The summed E-state index contributed by atoms with van der Waals surface area (Å²) in [4.78, 5) is 44.3. The predicted octanol–water partition coefficient (Wildman–Crippen LogP) is 1.67. The highest BCUT2D eigenvalue weighted by Gasteiger charge is 2.36. The molecule has 4 rings (SSSR count). The molecular formula is C24H28N4O3. The SMILES string of the molecule is Cc1cccc(C(=O)N2CCNC(=O)C2CC(=O)N2CCN(c3ccccc3)CC2)c1. The van der Waals surface area contributed by atoms with Crippen molar-refractivity contribution in [2.75, 3.05) is 44.2 Å². The minimum absolute atomic E-state index is 0.00866. The second-order valence-electron chi connectivity index (χ2n) is 8.08. The maximum absolute atomic E-state index is 13.1. The van der Waals surface area contributed by atoms with Gasteiger partial charge in [0.25, 0.3) is 5.91 Å². The zero-order valence-corrected chi connectivity index (χ0v) is 17.8. The predicted molar refractivity (Wildman–Crippen MR) is 119 cm³/mol. The normalized spacial score (nSPS) is 19.2. The monoisotopic (exact) mass is 420 g/mol. The quantitative estimate of drug-likeness (QED) is 0.817. The molecule has 7 nitrogen and oxygen atoms in total. The van der Waals surface area contributed by atoms with Gasteiger partial charge in [0.15, 0.2) is 0 Å². The van der Waals surface area contributed by atoms with Crippen molar-refractivity contribution in [2.45, 2.75) is 19.4 Å². The highest BCUT2D eigenvalue weighted by molar-refractivity contribution is 5.99. The van der Waals surface area contributed by atoms with E-state index in [4.69, 9.17) is 0 Å². The number of carbonyl (C=O) groups excluding carboxylic acids is 3. The molecule has 3 amide bonds. The lowest BCUT2D eigenvalue weighted by Gasteiger charge is -2.39. The number of benzene rings is 2. The van der Waals surface area contributed by atoms with Gasteiger partial charge in [0, 0.05) is 50.5 Å². The van der Waals surface area contributed by atoms with E-state index in [2.05, 4.69) is 22.3 Å². The molecule has 1 N–H and O–H groups in total. The summed E-state index contributed by atoms with van der Waals surface area (Å²) in [5.74, 6) is -0.550. The van der Waals surface area contributed by atoms with Gasteiger partial charge in [0.1, 0.15) is 6.04 Å². The number of para-hydroxylation sites is 1. The van der Waals surface area contributed by atoms with Crippen molar-refractivity contribution in [3.8, 4) is 0 Å². The van der Waals surface area contributed by atoms with Crippen LogP contribution in [0.3, 0.4) is 0 Å². The zero-order valence-electron chi connectivity index (χ0n) is 17.8. The minimum Gasteiger partial charge on any atom is -0.368 e. The van der Waals surface area contributed by atoms with Crippen LogP contribution in [0.4, 0.5) is 5.69 Å². The van der Waals surface area contributed by atoms with Crippen LogP contribution in [0.15, 0.2) is 54.6 Å². The summed E-state index contributed by atoms with van der Waals surface area (Å²) in [5, 5.41) is 2.80. The van der Waals surface area contributed by atoms with Gasteiger partial charge in [-0.15, -0.1) is 0 Å². The second kappa shape index (κ2) is 9.20. The number of hydrogen-bond donors (Lipinski definition) is 1. The lowest BCUT2D eigenvalue weighted by atomic mass is 10.0. The first-order valence-electron chi connectivity index (χ1n) is 10.8. The number of rotatable bonds is 4. The lowest BCUT2D eigenvalue weighted by molar-refractivity contribution is -0.138. The molecule has 0 saturated carbocycles. The van der Waals surface area contributed by atoms with Crippen molar-refractivity contribution in [3.05, 3.63) is 65.7 Å². The molecule has 2 aromatic rings. The molecule has 0 spiro atoms. The summed E-state index contributed by atoms with van der Waals surface area (Å²) in [7, 11) is 0. The third-order valence-corrected chi connectivity index (χ3v) is 5.98. The molecule has 0 aromatic heterocycles. The van der Waals surface area contributed by atoms with Gasteiger partial charge in [-0.1, -0.05) is 35.9 Å². The molecule has 1 atom stereocenters. The van der Waals surface area contributed by atoms with E-state index in [1.165, 1.54) is 0 Å². The van der Waals surface area contributed by atoms with Gasteiger partial charge in [-0.3, -0.25) is 14.4 Å². The Balaban J connectivity index is 1.41. The van der Waals surface area contributed by atoms with E-state index in [0.29, 0.717) is 31.7 Å². The van der Waals surface area contributed by atoms with Gasteiger partial charge in [0.2, 0.25) is 11.8 Å². The summed E-state index contributed by atoms with van der Waals surface area (Å²) in [5.41, 5.74) is 2.68. The summed E-state index contributed by atoms with van der Waals surface area (Å²) in [6, 6.07) is 16.7. The molecular weight excluding hydrogens is 392 g/mol. The van der Waals surface area contributed by atoms with Crippen molar-refractivity contribution in [3.63, 3.8) is 0 Å². The average molecular weight is 421 g/mol. The molecule has 2 heterocycles. The number of piperazine rings is 2. The fraction of sp³-hybridized carbons (Fsp3) is 0.375. The number of nitrogens with one attached hydrogen (secondary N) is 1. The van der Waals surface area contributed by atoms with E-state index in [-0.39, 0.29) is 24.1 Å². The van der Waals surface area contributed by atoms with E-state index in [9.17, 15) is 14.4 Å². The van der Waals surface area contributed by atoms with Gasteiger partial charge in [-0.2, -0.15) is 0 Å². The lowest BCUT2D eigenvalue weighted by Crippen LogP contribution is -2.59. The maximum atomic E-state index is 13.1. The highest BCUT2D eigenvalue weighted by atomic mass is 16.2. The number of anilines is 1. The van der Waals surface area contributed by atoms with Crippen LogP contribution >= 0.6 is 0 Å². The molecule has 2 saturated heterocycles. The van der Waals surface area contributed by atoms with Crippen LogP contribution in [-0.4, -0.2) is 72.8 Å². The number of nitrogens with zero attached hydrogens (tertiary/aromatic N) is 3. The summed E-state index contributed by atoms with van der Waals surface area (Å²) < 4.78 is 0. The molecule has 1 unspecified atom stereocenters. The Bertz CT molecular complexity index is 954. The molecule has 0 radical (unpaired) electrons. The standard InChI is InChI=1S/C24H28N4O3/c1-18-6-5-7-19(16-18)24(31)28-11-10-25-23(30)21(28)17-22(29)27-14-12-26(13-15-27)20-8-3-2-4-9-20/h2-9,16,21H,10-15,17H2,1H3,(H,25,30). The fourth-order valence-electron chi connectivity index (χ4n) is 4.25. The van der Waals surface area contributed by atoms with Gasteiger partial charge >= 0.3 is 0 Å². The van der Waals surface area contributed by atoms with Crippen LogP contribution in [0.5, 0.6) is 0 Å². The van der Waals surface area contributed by atoms with Crippen molar-refractivity contribution < 1.29 is 14.4 Å². The molecule has 0 aliphatic carbocycles. The second-order valence-corrected chi connectivity index (χ2v) is 8.08. The van der Waals surface area contributed by atoms with E-state index in [1.54, 1.807) is 15.9 Å². The Kier molecular flexibility index (Phi) is 6.21. The van der Waals surface area contributed by atoms with Crippen molar-refractivity contribution >= 4 is 23.4 Å². The number of aryl methyl sites for hydroxylation is 1. The smallest absolute Gasteiger partial charge is 0.254 e. The topological polar surface area (TPSA) is 73.0 Å². The first-order chi connectivity index (χ1) is 15.0. The number of hydrogen-bond acceptors (Lipinski definition) is 4. The minimum atomic E-state index is -0.776. The Morgan fingerprint density at radius 3 is 2.42 bits per heavy atom. The fourth-order valence-corrected chi connectivity index (χ4v) is 4.25. The van der Waals surface area contributed by atoms with Crippen molar-refractivity contribution in [1.82, 2.24) is 15.1 Å². The molecule has 2 fully saturated rings. The highest BCUT2D eigenvalue weighted by Crippen LogP contribution is 2.19. The average Bonchev–Trinajstić information content (AvgIpc) is 2.80. The van der Waals surface area contributed by atoms with E-state index < -0.39 is 6.04 Å². The van der Waals surface area contributed by atoms with Crippen LogP contribution in [0.25, 0.3) is 0 Å². The Morgan fingerprint density at radius 2 is 1.71 bits per heavy atom. The van der Waals surface area contributed by atoms with Gasteiger partial charge in [-0.25, -0.2) is 0 Å². The zero-order chi connectivity index (χ0) is 21.8. The summed E-state index contributed by atoms with van der Waals surface area (Å²) >= 11 is 0. The van der Waals surface area contributed by atoms with Crippen molar-refractivity contribution in [1.29, 1.82) is 0 Å². The van der Waals surface area contributed by atoms with Crippen LogP contribution in [0.1, 0.15) is 22.3 Å². The Hall–Kier alpha value is -3.35. The van der Waals surface area contributed by atoms with Crippen LogP contribution < -0.4 is 10.2 Å². The van der Waals surface area contributed by atoms with Crippen LogP contribution in [0, 0.1) is 6.92 Å². The van der Waals surface area contributed by atoms with E-state index in [1.807, 2.05) is 43.3 Å². The summed E-state index contributed by atoms with van der Waals surface area (Å²) in [6.07, 6.45) is 0.00866. The van der Waals surface area contributed by atoms with Crippen LogP contribution in [0.2, 0.25) is 0 Å². The van der Waals surface area contributed by atoms with Gasteiger partial charge in [0.05, 0.1) is 6.42 Å². The molecule has 2 aliphatic heterocycles. The van der Waals surface area contributed by atoms with Gasteiger partial charge < -0.3 is 20.0 Å².